The van der Waals surface area contributed by atoms with E-state index >= 15 is 0 Å². The topological polar surface area (TPSA) is 66.6 Å². The monoisotopic (exact) mass is 247 g/mol. The Labute approximate surface area is 105 Å². The zero-order valence-corrected chi connectivity index (χ0v) is 10.5. The summed E-state index contributed by atoms with van der Waals surface area (Å²) in [6.07, 6.45) is 3.54. The van der Waals surface area contributed by atoms with Crippen LogP contribution in [0.3, 0.4) is 0 Å². The van der Waals surface area contributed by atoms with Crippen LogP contribution in [0.4, 0.5) is 0 Å². The van der Waals surface area contributed by atoms with E-state index in [-0.39, 0.29) is 24.5 Å². The van der Waals surface area contributed by atoms with Crippen LogP contribution in [0.5, 0.6) is 0 Å². The smallest absolute Gasteiger partial charge is 0.271 e. The molecule has 2 unspecified atom stereocenters. The average molecular weight is 247 g/mol. The van der Waals surface area contributed by atoms with Crippen molar-refractivity contribution in [2.75, 3.05) is 6.61 Å². The normalized spacial score (nSPS) is 14.4. The van der Waals surface area contributed by atoms with E-state index in [0.29, 0.717) is 5.69 Å². The van der Waals surface area contributed by atoms with Crippen LogP contribution in [0.2, 0.25) is 0 Å². The summed E-state index contributed by atoms with van der Waals surface area (Å²) in [7, 11) is 0. The number of hydrogen-bond donors (Lipinski definition) is 2. The molecule has 0 bridgehead atoms. The number of rotatable bonds is 4. The molecule has 1 amide bonds. The Morgan fingerprint density at radius 3 is 2.94 bits per heavy atom. The second-order valence-corrected chi connectivity index (χ2v) is 4.51. The number of amides is 1. The highest BCUT2D eigenvalue weighted by molar-refractivity contribution is 5.93. The van der Waals surface area contributed by atoms with Crippen molar-refractivity contribution in [2.45, 2.75) is 19.9 Å². The van der Waals surface area contributed by atoms with Gasteiger partial charge < -0.3 is 14.8 Å². The van der Waals surface area contributed by atoms with Gasteiger partial charge in [-0.1, -0.05) is 13.0 Å². The third kappa shape index (κ3) is 2.51. The highest BCUT2D eigenvalue weighted by Crippen LogP contribution is 2.06. The molecule has 0 saturated heterocycles. The van der Waals surface area contributed by atoms with Crippen molar-refractivity contribution in [3.05, 3.63) is 36.3 Å². The largest absolute Gasteiger partial charge is 0.396 e. The molecule has 18 heavy (non-hydrogen) atoms. The summed E-state index contributed by atoms with van der Waals surface area (Å²) in [6.45, 7) is 3.80. The first-order valence-corrected chi connectivity index (χ1v) is 5.97. The van der Waals surface area contributed by atoms with Crippen LogP contribution < -0.4 is 5.32 Å². The number of aliphatic hydroxyl groups is 1. The van der Waals surface area contributed by atoms with Crippen molar-refractivity contribution in [2.24, 2.45) is 5.92 Å². The summed E-state index contributed by atoms with van der Waals surface area (Å²) in [6, 6.07) is 5.51. The summed E-state index contributed by atoms with van der Waals surface area (Å²) in [5.41, 5.74) is 1.13. The molecule has 5 heteroatoms. The Morgan fingerprint density at radius 1 is 1.50 bits per heavy atom. The minimum atomic E-state index is -0.216. The summed E-state index contributed by atoms with van der Waals surface area (Å²) < 4.78 is 1.80. The van der Waals surface area contributed by atoms with E-state index in [1.165, 1.54) is 0 Å². The Kier molecular flexibility index (Phi) is 3.62. The van der Waals surface area contributed by atoms with E-state index in [2.05, 4.69) is 10.3 Å². The maximum absolute atomic E-state index is 12.0. The lowest BCUT2D eigenvalue weighted by molar-refractivity contribution is 0.0912. The fourth-order valence-electron chi connectivity index (χ4n) is 1.63. The Balaban J connectivity index is 2.13. The zero-order chi connectivity index (χ0) is 13.1. The second kappa shape index (κ2) is 5.18. The van der Waals surface area contributed by atoms with Gasteiger partial charge in [0, 0.05) is 25.0 Å². The van der Waals surface area contributed by atoms with Gasteiger partial charge in [0.2, 0.25) is 0 Å². The van der Waals surface area contributed by atoms with E-state index in [1.54, 1.807) is 10.6 Å². The van der Waals surface area contributed by atoms with Gasteiger partial charge in [0.1, 0.15) is 11.3 Å². The molecule has 2 heterocycles. The lowest BCUT2D eigenvalue weighted by Gasteiger charge is -2.18. The van der Waals surface area contributed by atoms with Crippen LogP contribution in [0.15, 0.2) is 30.6 Å². The van der Waals surface area contributed by atoms with Gasteiger partial charge in [-0.25, -0.2) is 4.98 Å². The first kappa shape index (κ1) is 12.6. The third-order valence-electron chi connectivity index (χ3n) is 3.10. The second-order valence-electron chi connectivity index (χ2n) is 4.51. The van der Waals surface area contributed by atoms with Crippen molar-refractivity contribution in [3.63, 3.8) is 0 Å². The van der Waals surface area contributed by atoms with E-state index in [0.717, 1.165) is 5.65 Å². The number of fused-ring (bicyclic) bond motifs is 1. The van der Waals surface area contributed by atoms with E-state index in [4.69, 9.17) is 5.11 Å². The molecule has 5 nitrogen and oxygen atoms in total. The number of aliphatic hydroxyl groups excluding tert-OH is 1. The summed E-state index contributed by atoms with van der Waals surface area (Å²) >= 11 is 0. The molecular formula is C13H17N3O2. The van der Waals surface area contributed by atoms with E-state index in [9.17, 15) is 4.79 Å². The number of carbonyl (C=O) groups is 1. The van der Waals surface area contributed by atoms with E-state index in [1.807, 2.05) is 38.2 Å². The summed E-state index contributed by atoms with van der Waals surface area (Å²) in [5, 5.41) is 11.9. The van der Waals surface area contributed by atoms with Gasteiger partial charge in [-0.15, -0.1) is 0 Å². The van der Waals surface area contributed by atoms with Crippen LogP contribution >= 0.6 is 0 Å². The van der Waals surface area contributed by atoms with Crippen LogP contribution in [0.1, 0.15) is 24.3 Å². The SMILES string of the molecule is CC(CO)C(C)NC(=O)c1cn2ccccc2n1. The highest BCUT2D eigenvalue weighted by Gasteiger charge is 2.17. The lowest BCUT2D eigenvalue weighted by Crippen LogP contribution is -2.38. The molecule has 2 atom stereocenters. The molecule has 0 aliphatic carbocycles. The summed E-state index contributed by atoms with van der Waals surface area (Å²) in [4.78, 5) is 16.2. The molecule has 0 aliphatic heterocycles. The van der Waals surface area contributed by atoms with Crippen molar-refractivity contribution in [3.8, 4) is 0 Å². The third-order valence-corrected chi connectivity index (χ3v) is 3.10. The van der Waals surface area contributed by atoms with Gasteiger partial charge in [-0.2, -0.15) is 0 Å². The summed E-state index contributed by atoms with van der Waals surface area (Å²) in [5.74, 6) is -0.197. The molecule has 2 aromatic rings. The Hall–Kier alpha value is -1.88. The minimum absolute atomic E-state index is 0.0194. The van der Waals surface area contributed by atoms with Gasteiger partial charge in [0.05, 0.1) is 0 Å². The number of pyridine rings is 1. The van der Waals surface area contributed by atoms with Gasteiger partial charge in [-0.05, 0) is 25.0 Å². The van der Waals surface area contributed by atoms with Gasteiger partial charge in [0.25, 0.3) is 5.91 Å². The van der Waals surface area contributed by atoms with Crippen molar-refractivity contribution >= 4 is 11.6 Å². The first-order valence-electron chi connectivity index (χ1n) is 5.97. The Bertz CT molecular complexity index is 517. The van der Waals surface area contributed by atoms with E-state index < -0.39 is 0 Å². The average Bonchev–Trinajstić information content (AvgIpc) is 2.81. The van der Waals surface area contributed by atoms with Gasteiger partial charge >= 0.3 is 0 Å². The quantitative estimate of drug-likeness (QED) is 0.849. The van der Waals surface area contributed by atoms with Crippen LogP contribution in [-0.2, 0) is 0 Å². The van der Waals surface area contributed by atoms with Crippen LogP contribution in [0.25, 0.3) is 5.65 Å². The predicted octanol–water partition coefficient (Wildman–Crippen LogP) is 1.08. The number of aromatic nitrogens is 2. The standard InChI is InChI=1S/C13H17N3O2/c1-9(8-17)10(2)14-13(18)11-7-16-6-4-3-5-12(16)15-11/h3-7,9-10,17H,8H2,1-2H3,(H,14,18). The van der Waals surface area contributed by atoms with Gasteiger partial charge in [0.15, 0.2) is 0 Å². The fourth-order valence-corrected chi connectivity index (χ4v) is 1.63. The molecule has 0 aromatic carbocycles. The number of carbonyl (C=O) groups excluding carboxylic acids is 1. The van der Waals surface area contributed by atoms with Crippen molar-refractivity contribution in [1.82, 2.24) is 14.7 Å². The fraction of sp³-hybridized carbons (Fsp3) is 0.385. The zero-order valence-electron chi connectivity index (χ0n) is 10.5. The molecule has 96 valence electrons. The number of hydrogen-bond acceptors (Lipinski definition) is 3. The van der Waals surface area contributed by atoms with Gasteiger partial charge in [-0.3, -0.25) is 4.79 Å². The lowest BCUT2D eigenvalue weighted by atomic mass is 10.1. The molecule has 0 saturated carbocycles. The molecule has 0 radical (unpaired) electrons. The number of nitrogens with zero attached hydrogens (tertiary/aromatic N) is 2. The number of imidazole rings is 1. The Morgan fingerprint density at radius 2 is 2.28 bits per heavy atom. The predicted molar refractivity (Wildman–Crippen MR) is 68.4 cm³/mol. The maximum Gasteiger partial charge on any atom is 0.271 e. The molecule has 0 fully saturated rings. The van der Waals surface area contributed by atoms with Crippen molar-refractivity contribution < 1.29 is 9.90 Å². The van der Waals surface area contributed by atoms with Crippen LogP contribution in [0, 0.1) is 5.92 Å². The maximum atomic E-state index is 12.0. The molecule has 0 spiro atoms. The molecule has 0 aliphatic rings. The molecule has 2 rings (SSSR count). The molecular weight excluding hydrogens is 230 g/mol. The molecule has 2 N–H and O–H groups in total. The highest BCUT2D eigenvalue weighted by atomic mass is 16.3. The molecule has 2 aromatic heterocycles. The van der Waals surface area contributed by atoms with Crippen molar-refractivity contribution in [1.29, 1.82) is 0 Å². The minimum Gasteiger partial charge on any atom is -0.396 e. The number of nitrogens with one attached hydrogen (secondary N) is 1. The van der Waals surface area contributed by atoms with Crippen LogP contribution in [-0.4, -0.2) is 33.0 Å². The first-order chi connectivity index (χ1) is 8.61.